The van der Waals surface area contributed by atoms with E-state index in [9.17, 15) is 4.79 Å². The molecule has 3 heteroatoms. The van der Waals surface area contributed by atoms with Gasteiger partial charge in [-0.2, -0.15) is 0 Å². The molecule has 0 heterocycles. The van der Waals surface area contributed by atoms with Gasteiger partial charge in [-0.05, 0) is 36.8 Å². The molecule has 1 atom stereocenters. The first-order valence-electron chi connectivity index (χ1n) is 6.21. The second-order valence-electron chi connectivity index (χ2n) is 4.56. The molecule has 0 saturated heterocycles. The summed E-state index contributed by atoms with van der Waals surface area (Å²) < 4.78 is 4.91. The molecular formula is C14H19NO2. The summed E-state index contributed by atoms with van der Waals surface area (Å²) in [6.07, 6.45) is 2.80. The lowest BCUT2D eigenvalue weighted by atomic mass is 10.0. The van der Waals surface area contributed by atoms with Crippen molar-refractivity contribution in [3.05, 3.63) is 35.4 Å². The van der Waals surface area contributed by atoms with Crippen molar-refractivity contribution in [3.63, 3.8) is 0 Å². The highest BCUT2D eigenvalue weighted by atomic mass is 16.5. The van der Waals surface area contributed by atoms with Crippen LogP contribution < -0.4 is 5.73 Å². The normalized spacial score (nSPS) is 16.6. The first kappa shape index (κ1) is 12.1. The van der Waals surface area contributed by atoms with Gasteiger partial charge in [-0.3, -0.25) is 4.79 Å². The molecule has 1 aliphatic rings. The maximum Gasteiger partial charge on any atom is 0.307 e. The maximum atomic E-state index is 11.4. The molecule has 92 valence electrons. The molecular weight excluding hydrogens is 214 g/mol. The lowest BCUT2D eigenvalue weighted by molar-refractivity contribution is -0.143. The highest BCUT2D eigenvalue weighted by molar-refractivity contribution is 5.70. The third-order valence-electron chi connectivity index (χ3n) is 3.08. The standard InChI is InChI=1S/C14H19NO2/c1-2-17-14(16)9-13(15)12-5-3-4-11(8-12)10-6-7-10/h3-5,8,10,13H,2,6-7,9,15H2,1H3/t13-/m0/s1. The van der Waals surface area contributed by atoms with Crippen molar-refractivity contribution in [3.8, 4) is 0 Å². The highest BCUT2D eigenvalue weighted by Crippen LogP contribution is 2.40. The highest BCUT2D eigenvalue weighted by Gasteiger charge is 2.24. The van der Waals surface area contributed by atoms with Gasteiger partial charge in [-0.15, -0.1) is 0 Å². The van der Waals surface area contributed by atoms with Crippen LogP contribution in [0.4, 0.5) is 0 Å². The second kappa shape index (κ2) is 5.32. The molecule has 0 unspecified atom stereocenters. The van der Waals surface area contributed by atoms with E-state index in [0.29, 0.717) is 12.5 Å². The first-order chi connectivity index (χ1) is 8.20. The van der Waals surface area contributed by atoms with Crippen molar-refractivity contribution >= 4 is 5.97 Å². The van der Waals surface area contributed by atoms with E-state index in [4.69, 9.17) is 10.5 Å². The number of nitrogens with two attached hydrogens (primary N) is 1. The van der Waals surface area contributed by atoms with Crippen LogP contribution in [0.5, 0.6) is 0 Å². The summed E-state index contributed by atoms with van der Waals surface area (Å²) in [6, 6.07) is 8.01. The molecule has 2 N–H and O–H groups in total. The molecule has 0 spiro atoms. The Morgan fingerprint density at radius 3 is 2.94 bits per heavy atom. The summed E-state index contributed by atoms with van der Waals surface area (Å²) >= 11 is 0. The fraction of sp³-hybridized carbons (Fsp3) is 0.500. The summed E-state index contributed by atoms with van der Waals surface area (Å²) in [5.41, 5.74) is 8.39. The van der Waals surface area contributed by atoms with Crippen LogP contribution in [-0.4, -0.2) is 12.6 Å². The van der Waals surface area contributed by atoms with Crippen molar-refractivity contribution in [2.45, 2.75) is 38.1 Å². The van der Waals surface area contributed by atoms with Gasteiger partial charge in [0, 0.05) is 6.04 Å². The number of rotatable bonds is 5. The van der Waals surface area contributed by atoms with Crippen molar-refractivity contribution in [1.82, 2.24) is 0 Å². The van der Waals surface area contributed by atoms with Crippen LogP contribution in [0.25, 0.3) is 0 Å². The largest absolute Gasteiger partial charge is 0.466 e. The van der Waals surface area contributed by atoms with E-state index in [0.717, 1.165) is 5.56 Å². The van der Waals surface area contributed by atoms with E-state index in [1.807, 2.05) is 12.1 Å². The predicted octanol–water partition coefficient (Wildman–Crippen LogP) is 2.52. The molecule has 0 aromatic heterocycles. The molecule has 1 saturated carbocycles. The number of ether oxygens (including phenoxy) is 1. The zero-order chi connectivity index (χ0) is 12.3. The van der Waals surface area contributed by atoms with Crippen LogP contribution in [0.2, 0.25) is 0 Å². The van der Waals surface area contributed by atoms with Gasteiger partial charge in [0.15, 0.2) is 0 Å². The summed E-state index contributed by atoms with van der Waals surface area (Å²) in [4.78, 5) is 11.4. The molecule has 1 fully saturated rings. The number of carbonyl (C=O) groups excluding carboxylic acids is 1. The number of carbonyl (C=O) groups is 1. The van der Waals surface area contributed by atoms with E-state index in [-0.39, 0.29) is 18.4 Å². The minimum atomic E-state index is -0.257. The molecule has 17 heavy (non-hydrogen) atoms. The van der Waals surface area contributed by atoms with E-state index < -0.39 is 0 Å². The summed E-state index contributed by atoms with van der Waals surface area (Å²) in [5.74, 6) is 0.488. The minimum absolute atomic E-state index is 0.225. The zero-order valence-corrected chi connectivity index (χ0v) is 10.2. The van der Waals surface area contributed by atoms with E-state index in [2.05, 4.69) is 12.1 Å². The zero-order valence-electron chi connectivity index (χ0n) is 10.2. The lowest BCUT2D eigenvalue weighted by Crippen LogP contribution is -2.17. The van der Waals surface area contributed by atoms with Gasteiger partial charge in [0.2, 0.25) is 0 Å². The number of hydrogen-bond acceptors (Lipinski definition) is 3. The van der Waals surface area contributed by atoms with Gasteiger partial charge in [0.25, 0.3) is 0 Å². The Kier molecular flexibility index (Phi) is 3.79. The van der Waals surface area contributed by atoms with Crippen LogP contribution in [0.15, 0.2) is 24.3 Å². The Hall–Kier alpha value is -1.35. The van der Waals surface area contributed by atoms with Gasteiger partial charge in [0.05, 0.1) is 13.0 Å². The molecule has 1 aromatic carbocycles. The Morgan fingerprint density at radius 2 is 2.29 bits per heavy atom. The average molecular weight is 233 g/mol. The van der Waals surface area contributed by atoms with Gasteiger partial charge in [-0.25, -0.2) is 0 Å². The molecule has 0 amide bonds. The summed E-state index contributed by atoms with van der Waals surface area (Å²) in [7, 11) is 0. The van der Waals surface area contributed by atoms with E-state index in [1.165, 1.54) is 18.4 Å². The van der Waals surface area contributed by atoms with Gasteiger partial charge < -0.3 is 10.5 Å². The van der Waals surface area contributed by atoms with Crippen molar-refractivity contribution in [1.29, 1.82) is 0 Å². The topological polar surface area (TPSA) is 52.3 Å². The smallest absolute Gasteiger partial charge is 0.307 e. The van der Waals surface area contributed by atoms with Crippen LogP contribution in [0.3, 0.4) is 0 Å². The number of hydrogen-bond donors (Lipinski definition) is 1. The monoisotopic (exact) mass is 233 g/mol. The van der Waals surface area contributed by atoms with Crippen molar-refractivity contribution in [2.24, 2.45) is 5.73 Å². The number of esters is 1. The predicted molar refractivity (Wildman–Crippen MR) is 66.6 cm³/mol. The van der Waals surface area contributed by atoms with E-state index >= 15 is 0 Å². The summed E-state index contributed by atoms with van der Waals surface area (Å²) in [5, 5.41) is 0. The Bertz CT molecular complexity index is 399. The molecule has 0 aliphatic heterocycles. The third-order valence-corrected chi connectivity index (χ3v) is 3.08. The van der Waals surface area contributed by atoms with E-state index in [1.54, 1.807) is 6.92 Å². The van der Waals surface area contributed by atoms with Gasteiger partial charge in [-0.1, -0.05) is 24.3 Å². The lowest BCUT2D eigenvalue weighted by Gasteiger charge is -2.12. The molecule has 1 aromatic rings. The Balaban J connectivity index is 2.00. The Labute approximate surface area is 102 Å². The quantitative estimate of drug-likeness (QED) is 0.795. The molecule has 0 bridgehead atoms. The molecule has 1 aliphatic carbocycles. The second-order valence-corrected chi connectivity index (χ2v) is 4.56. The fourth-order valence-corrected chi connectivity index (χ4v) is 1.98. The van der Waals surface area contributed by atoms with Crippen molar-refractivity contribution < 1.29 is 9.53 Å². The maximum absolute atomic E-state index is 11.4. The molecule has 0 radical (unpaired) electrons. The van der Waals surface area contributed by atoms with Crippen LogP contribution >= 0.6 is 0 Å². The molecule has 2 rings (SSSR count). The summed E-state index contributed by atoms with van der Waals surface area (Å²) in [6.45, 7) is 2.21. The van der Waals surface area contributed by atoms with Crippen LogP contribution in [0, 0.1) is 0 Å². The number of benzene rings is 1. The molecule has 3 nitrogen and oxygen atoms in total. The Morgan fingerprint density at radius 1 is 1.53 bits per heavy atom. The minimum Gasteiger partial charge on any atom is -0.466 e. The average Bonchev–Trinajstić information content (AvgIpc) is 3.13. The fourth-order valence-electron chi connectivity index (χ4n) is 1.98. The van der Waals surface area contributed by atoms with Crippen molar-refractivity contribution in [2.75, 3.05) is 6.61 Å². The SMILES string of the molecule is CCOC(=O)C[C@H](N)c1cccc(C2CC2)c1. The van der Waals surface area contributed by atoms with Crippen LogP contribution in [-0.2, 0) is 9.53 Å². The van der Waals surface area contributed by atoms with Gasteiger partial charge >= 0.3 is 5.97 Å². The van der Waals surface area contributed by atoms with Gasteiger partial charge in [0.1, 0.15) is 0 Å². The van der Waals surface area contributed by atoms with Crippen LogP contribution in [0.1, 0.15) is 49.3 Å². The third kappa shape index (κ3) is 3.30. The first-order valence-corrected chi connectivity index (χ1v) is 6.21.